The SMILES string of the molecule is CCO/N=C(/C)C(Cc1ccc(OCCSc2ccccc2)cc1)C(=O)O. The van der Waals surface area contributed by atoms with E-state index in [1.54, 1.807) is 18.7 Å². The topological polar surface area (TPSA) is 68.1 Å². The molecule has 1 N–H and O–H groups in total. The number of rotatable bonds is 11. The summed E-state index contributed by atoms with van der Waals surface area (Å²) >= 11 is 1.75. The summed E-state index contributed by atoms with van der Waals surface area (Å²) in [4.78, 5) is 17.7. The molecule has 27 heavy (non-hydrogen) atoms. The van der Waals surface area contributed by atoms with Gasteiger partial charge in [-0.05, 0) is 50.1 Å². The van der Waals surface area contributed by atoms with E-state index in [0.29, 0.717) is 25.3 Å². The van der Waals surface area contributed by atoms with Crippen LogP contribution in [0.5, 0.6) is 5.75 Å². The second kappa shape index (κ2) is 11.3. The number of thioether (sulfide) groups is 1. The summed E-state index contributed by atoms with van der Waals surface area (Å²) in [7, 11) is 0. The van der Waals surface area contributed by atoms with Gasteiger partial charge in [-0.3, -0.25) is 4.79 Å². The molecule has 0 aliphatic carbocycles. The van der Waals surface area contributed by atoms with E-state index in [-0.39, 0.29) is 0 Å². The highest BCUT2D eigenvalue weighted by molar-refractivity contribution is 7.99. The Hall–Kier alpha value is -2.47. The summed E-state index contributed by atoms with van der Waals surface area (Å²) in [6.45, 7) is 4.51. The molecule has 0 aromatic heterocycles. The first-order chi connectivity index (χ1) is 13.1. The van der Waals surface area contributed by atoms with Gasteiger partial charge in [-0.15, -0.1) is 11.8 Å². The molecule has 0 bridgehead atoms. The lowest BCUT2D eigenvalue weighted by atomic mass is 9.95. The molecule has 5 nitrogen and oxygen atoms in total. The van der Waals surface area contributed by atoms with Gasteiger partial charge in [0.1, 0.15) is 18.3 Å². The fourth-order valence-corrected chi connectivity index (χ4v) is 3.19. The quantitative estimate of drug-likeness (QED) is 0.266. The van der Waals surface area contributed by atoms with Gasteiger partial charge in [0.15, 0.2) is 0 Å². The molecule has 0 radical (unpaired) electrons. The molecule has 0 heterocycles. The van der Waals surface area contributed by atoms with Crippen LogP contribution in [-0.2, 0) is 16.1 Å². The molecule has 0 spiro atoms. The van der Waals surface area contributed by atoms with Gasteiger partial charge in [0.2, 0.25) is 0 Å². The summed E-state index contributed by atoms with van der Waals surface area (Å²) in [5.41, 5.74) is 1.38. The molecular weight excluding hydrogens is 362 g/mol. The van der Waals surface area contributed by atoms with Crippen molar-refractivity contribution in [2.45, 2.75) is 25.2 Å². The van der Waals surface area contributed by atoms with Crippen LogP contribution in [0.1, 0.15) is 19.4 Å². The van der Waals surface area contributed by atoms with Gasteiger partial charge in [-0.25, -0.2) is 0 Å². The van der Waals surface area contributed by atoms with Crippen LogP contribution in [0, 0.1) is 5.92 Å². The molecule has 0 amide bonds. The fraction of sp³-hybridized carbons (Fsp3) is 0.333. The minimum absolute atomic E-state index is 0.363. The molecule has 0 fully saturated rings. The van der Waals surface area contributed by atoms with Crippen molar-refractivity contribution >= 4 is 23.4 Å². The number of ether oxygens (including phenoxy) is 1. The highest BCUT2D eigenvalue weighted by atomic mass is 32.2. The third-order valence-electron chi connectivity index (χ3n) is 3.87. The van der Waals surface area contributed by atoms with Gasteiger partial charge in [0.05, 0.1) is 12.3 Å². The van der Waals surface area contributed by atoms with Crippen LogP contribution >= 0.6 is 11.8 Å². The Morgan fingerprint density at radius 3 is 2.48 bits per heavy atom. The van der Waals surface area contributed by atoms with Crippen molar-refractivity contribution in [1.82, 2.24) is 0 Å². The third-order valence-corrected chi connectivity index (χ3v) is 4.84. The van der Waals surface area contributed by atoms with E-state index in [4.69, 9.17) is 9.57 Å². The average molecular weight is 388 g/mol. The molecule has 1 atom stereocenters. The normalized spacial score (nSPS) is 12.4. The zero-order valence-corrected chi connectivity index (χ0v) is 16.4. The number of benzene rings is 2. The van der Waals surface area contributed by atoms with Crippen molar-refractivity contribution in [1.29, 1.82) is 0 Å². The van der Waals surface area contributed by atoms with Crippen molar-refractivity contribution in [3.05, 3.63) is 60.2 Å². The summed E-state index contributed by atoms with van der Waals surface area (Å²) in [6, 6.07) is 17.7. The molecule has 6 heteroatoms. The maximum absolute atomic E-state index is 11.5. The molecule has 2 rings (SSSR count). The Balaban J connectivity index is 1.83. The van der Waals surface area contributed by atoms with Crippen LogP contribution in [-0.4, -0.2) is 35.8 Å². The van der Waals surface area contributed by atoms with Crippen LogP contribution < -0.4 is 4.74 Å². The molecule has 0 aliphatic heterocycles. The third kappa shape index (κ3) is 7.35. The van der Waals surface area contributed by atoms with Crippen LogP contribution in [0.2, 0.25) is 0 Å². The van der Waals surface area contributed by atoms with Crippen molar-refractivity contribution in [3.8, 4) is 5.75 Å². The Bertz CT molecular complexity index is 732. The lowest BCUT2D eigenvalue weighted by Gasteiger charge is -2.12. The van der Waals surface area contributed by atoms with Crippen molar-refractivity contribution in [2.24, 2.45) is 11.1 Å². The van der Waals surface area contributed by atoms with Gasteiger partial charge in [-0.1, -0.05) is 35.5 Å². The molecule has 0 saturated heterocycles. The largest absolute Gasteiger partial charge is 0.493 e. The average Bonchev–Trinajstić information content (AvgIpc) is 2.69. The van der Waals surface area contributed by atoms with E-state index in [2.05, 4.69) is 17.3 Å². The predicted molar refractivity (Wildman–Crippen MR) is 109 cm³/mol. The number of carboxylic acid groups (broad SMARTS) is 1. The maximum Gasteiger partial charge on any atom is 0.312 e. The van der Waals surface area contributed by atoms with Crippen molar-refractivity contribution in [3.63, 3.8) is 0 Å². The standard InChI is InChI=1S/C21H25NO4S/c1-3-26-22-16(2)20(21(23)24)15-17-9-11-18(12-10-17)25-13-14-27-19-7-5-4-6-8-19/h4-12,20H,3,13-15H2,1-2H3,(H,23,24)/b22-16-. The molecule has 0 saturated carbocycles. The second-order valence-electron chi connectivity index (χ2n) is 5.90. The predicted octanol–water partition coefficient (Wildman–Crippen LogP) is 4.51. The zero-order valence-electron chi connectivity index (χ0n) is 15.6. The summed E-state index contributed by atoms with van der Waals surface area (Å²) in [5, 5.41) is 13.3. The van der Waals surface area contributed by atoms with E-state index in [0.717, 1.165) is 17.1 Å². The molecule has 144 valence electrons. The Kier molecular flexibility index (Phi) is 8.71. The minimum atomic E-state index is -0.908. The summed E-state index contributed by atoms with van der Waals surface area (Å²) in [5.74, 6) is 0.0266. The molecular formula is C21H25NO4S. The lowest BCUT2D eigenvalue weighted by Crippen LogP contribution is -2.24. The van der Waals surface area contributed by atoms with Crippen molar-refractivity contribution < 1.29 is 19.5 Å². The first kappa shape index (κ1) is 20.8. The highest BCUT2D eigenvalue weighted by Crippen LogP contribution is 2.19. The lowest BCUT2D eigenvalue weighted by molar-refractivity contribution is -0.139. The number of nitrogens with zero attached hydrogens (tertiary/aromatic N) is 1. The van der Waals surface area contributed by atoms with Crippen molar-refractivity contribution in [2.75, 3.05) is 19.0 Å². The Labute approximate surface area is 164 Å². The number of aliphatic carboxylic acids is 1. The van der Waals surface area contributed by atoms with Gasteiger partial charge in [-0.2, -0.15) is 0 Å². The smallest absolute Gasteiger partial charge is 0.312 e. The number of oxime groups is 1. The highest BCUT2D eigenvalue weighted by Gasteiger charge is 2.22. The van der Waals surface area contributed by atoms with Crippen LogP contribution in [0.4, 0.5) is 0 Å². The summed E-state index contributed by atoms with van der Waals surface area (Å²) < 4.78 is 5.75. The number of hydrogen-bond acceptors (Lipinski definition) is 5. The molecule has 2 aromatic rings. The molecule has 0 aliphatic rings. The monoisotopic (exact) mass is 387 g/mol. The van der Waals surface area contributed by atoms with E-state index in [1.165, 1.54) is 4.90 Å². The number of hydrogen-bond donors (Lipinski definition) is 1. The van der Waals surface area contributed by atoms with Gasteiger partial charge < -0.3 is 14.7 Å². The Morgan fingerprint density at radius 2 is 1.85 bits per heavy atom. The van der Waals surface area contributed by atoms with E-state index >= 15 is 0 Å². The Morgan fingerprint density at radius 1 is 1.15 bits per heavy atom. The molecule has 2 aromatic carbocycles. The van der Waals surface area contributed by atoms with Crippen LogP contribution in [0.3, 0.4) is 0 Å². The maximum atomic E-state index is 11.5. The van der Waals surface area contributed by atoms with Gasteiger partial charge in [0.25, 0.3) is 0 Å². The first-order valence-corrected chi connectivity index (χ1v) is 9.87. The number of carbonyl (C=O) groups is 1. The van der Waals surface area contributed by atoms with Crippen LogP contribution in [0.15, 0.2) is 64.6 Å². The summed E-state index contributed by atoms with van der Waals surface area (Å²) in [6.07, 6.45) is 0.363. The zero-order chi connectivity index (χ0) is 19.5. The molecule has 1 unspecified atom stereocenters. The van der Waals surface area contributed by atoms with Gasteiger partial charge in [0, 0.05) is 10.6 Å². The van der Waals surface area contributed by atoms with E-state index in [9.17, 15) is 9.90 Å². The second-order valence-corrected chi connectivity index (χ2v) is 7.07. The minimum Gasteiger partial charge on any atom is -0.493 e. The first-order valence-electron chi connectivity index (χ1n) is 8.89. The van der Waals surface area contributed by atoms with Crippen LogP contribution in [0.25, 0.3) is 0 Å². The van der Waals surface area contributed by atoms with E-state index in [1.807, 2.05) is 49.4 Å². The number of carboxylic acids is 1. The fourth-order valence-electron chi connectivity index (χ4n) is 2.44. The van der Waals surface area contributed by atoms with Gasteiger partial charge >= 0.3 is 5.97 Å². The van der Waals surface area contributed by atoms with E-state index < -0.39 is 11.9 Å².